The van der Waals surface area contributed by atoms with Gasteiger partial charge in [-0.3, -0.25) is 9.69 Å². The molecule has 1 atom stereocenters. The molecular formula is C14H16N2O3S2. The zero-order valence-corrected chi connectivity index (χ0v) is 13.6. The van der Waals surface area contributed by atoms with Crippen LogP contribution in [0.1, 0.15) is 31.7 Å². The first-order valence-electron chi connectivity index (χ1n) is 6.49. The quantitative estimate of drug-likeness (QED) is 0.683. The molecule has 0 aliphatic carbocycles. The summed E-state index contributed by atoms with van der Waals surface area (Å²) in [5.74, 6) is -0.658. The fourth-order valence-electron chi connectivity index (χ4n) is 2.25. The highest BCUT2D eigenvalue weighted by atomic mass is 32.1. The van der Waals surface area contributed by atoms with E-state index in [1.54, 1.807) is 13.8 Å². The number of hydrogen-bond acceptors (Lipinski definition) is 5. The van der Waals surface area contributed by atoms with E-state index in [2.05, 4.69) is 5.32 Å². The minimum absolute atomic E-state index is 0.222. The number of carbonyl (C=O) groups excluding carboxylic acids is 2. The molecule has 112 valence electrons. The van der Waals surface area contributed by atoms with E-state index in [1.165, 1.54) is 23.2 Å². The predicted molar refractivity (Wildman–Crippen MR) is 84.6 cm³/mol. The van der Waals surface area contributed by atoms with Crippen LogP contribution in [0.15, 0.2) is 28.8 Å². The molecule has 1 amide bonds. The smallest absolute Gasteiger partial charge is 0.338 e. The van der Waals surface area contributed by atoms with Crippen LogP contribution >= 0.6 is 23.6 Å². The Kier molecular flexibility index (Phi) is 4.74. The van der Waals surface area contributed by atoms with Crippen LogP contribution in [0.5, 0.6) is 0 Å². The predicted octanol–water partition coefficient (Wildman–Crippen LogP) is 2.36. The van der Waals surface area contributed by atoms with Crippen molar-refractivity contribution in [1.29, 1.82) is 0 Å². The molecule has 0 saturated heterocycles. The van der Waals surface area contributed by atoms with Gasteiger partial charge < -0.3 is 10.1 Å². The second kappa shape index (κ2) is 6.36. The lowest BCUT2D eigenvalue weighted by molar-refractivity contribution is -0.139. The molecule has 0 bridgehead atoms. The molecule has 1 aliphatic heterocycles. The number of amides is 1. The summed E-state index contributed by atoms with van der Waals surface area (Å²) in [4.78, 5) is 26.6. The molecular weight excluding hydrogens is 308 g/mol. The number of hydrogen-bond donors (Lipinski definition) is 1. The van der Waals surface area contributed by atoms with Crippen molar-refractivity contribution in [1.82, 2.24) is 10.2 Å². The van der Waals surface area contributed by atoms with E-state index in [-0.39, 0.29) is 12.5 Å². The number of thiocarbonyl (C=S) groups is 1. The van der Waals surface area contributed by atoms with E-state index in [0.717, 1.165) is 4.88 Å². The van der Waals surface area contributed by atoms with Gasteiger partial charge in [0, 0.05) is 17.5 Å². The van der Waals surface area contributed by atoms with Crippen LogP contribution in [0, 0.1) is 0 Å². The van der Waals surface area contributed by atoms with Crippen LogP contribution in [0.25, 0.3) is 0 Å². The SMILES string of the molecule is CCOC(=O)C1=C(C)NC(=S)N(C(C)=O)[C@@H]1c1cccs1. The zero-order chi connectivity index (χ0) is 15.6. The van der Waals surface area contributed by atoms with Gasteiger partial charge in [0.2, 0.25) is 5.91 Å². The molecule has 1 aromatic heterocycles. The average Bonchev–Trinajstić information content (AvgIpc) is 2.90. The largest absolute Gasteiger partial charge is 0.463 e. The number of esters is 1. The molecule has 7 heteroatoms. The van der Waals surface area contributed by atoms with Crippen molar-refractivity contribution in [2.24, 2.45) is 0 Å². The molecule has 0 aromatic carbocycles. The Morgan fingerprint density at radius 3 is 2.76 bits per heavy atom. The number of nitrogens with one attached hydrogen (secondary N) is 1. The second-order valence-corrected chi connectivity index (χ2v) is 5.86. The van der Waals surface area contributed by atoms with Crippen molar-refractivity contribution in [3.63, 3.8) is 0 Å². The molecule has 0 radical (unpaired) electrons. The first-order chi connectivity index (χ1) is 9.97. The fourth-order valence-corrected chi connectivity index (χ4v) is 3.46. The number of thiophene rings is 1. The average molecular weight is 324 g/mol. The Hall–Kier alpha value is -1.73. The molecule has 5 nitrogen and oxygen atoms in total. The van der Waals surface area contributed by atoms with Gasteiger partial charge in [-0.15, -0.1) is 11.3 Å². The highest BCUT2D eigenvalue weighted by molar-refractivity contribution is 7.80. The number of rotatable bonds is 3. The number of nitrogens with zero attached hydrogens (tertiary/aromatic N) is 1. The summed E-state index contributed by atoms with van der Waals surface area (Å²) in [7, 11) is 0. The van der Waals surface area contributed by atoms with Crippen LogP contribution in [0.4, 0.5) is 0 Å². The lowest BCUT2D eigenvalue weighted by atomic mass is 9.99. The standard InChI is InChI=1S/C14H16N2O3S2/c1-4-19-13(18)11-8(2)15-14(20)16(9(3)17)12(11)10-6-5-7-21-10/h5-7,12H,4H2,1-3H3,(H,15,20)/t12-/m1/s1. The Balaban J connectivity index is 2.56. The van der Waals surface area contributed by atoms with E-state index in [9.17, 15) is 9.59 Å². The first kappa shape index (κ1) is 15.7. The van der Waals surface area contributed by atoms with Gasteiger partial charge in [-0.05, 0) is 37.5 Å². The summed E-state index contributed by atoms with van der Waals surface area (Å²) in [6.07, 6.45) is 0. The lowest BCUT2D eigenvalue weighted by Crippen LogP contribution is -2.50. The van der Waals surface area contributed by atoms with E-state index < -0.39 is 12.0 Å². The molecule has 0 fully saturated rings. The number of ether oxygens (including phenoxy) is 1. The molecule has 21 heavy (non-hydrogen) atoms. The van der Waals surface area contributed by atoms with Gasteiger partial charge in [0.05, 0.1) is 12.2 Å². The molecule has 1 aromatic rings. The van der Waals surface area contributed by atoms with Crippen LogP contribution in [0.2, 0.25) is 0 Å². The van der Waals surface area contributed by atoms with Gasteiger partial charge in [0.15, 0.2) is 5.11 Å². The van der Waals surface area contributed by atoms with E-state index in [1.807, 2.05) is 17.5 Å². The lowest BCUT2D eigenvalue weighted by Gasteiger charge is -2.37. The summed E-state index contributed by atoms with van der Waals surface area (Å²) < 4.78 is 5.13. The van der Waals surface area contributed by atoms with Crippen LogP contribution in [-0.4, -0.2) is 28.5 Å². The normalized spacial score (nSPS) is 18.5. The first-order valence-corrected chi connectivity index (χ1v) is 7.78. The van der Waals surface area contributed by atoms with Crippen molar-refractivity contribution >= 4 is 40.5 Å². The Labute approximate surface area is 132 Å². The summed E-state index contributed by atoms with van der Waals surface area (Å²) >= 11 is 6.72. The Morgan fingerprint density at radius 1 is 1.52 bits per heavy atom. The van der Waals surface area contributed by atoms with Crippen molar-refractivity contribution in [2.75, 3.05) is 6.61 Å². The second-order valence-electron chi connectivity index (χ2n) is 4.50. The maximum absolute atomic E-state index is 12.3. The minimum Gasteiger partial charge on any atom is -0.463 e. The van der Waals surface area contributed by atoms with E-state index >= 15 is 0 Å². The number of carbonyl (C=O) groups is 2. The van der Waals surface area contributed by atoms with Crippen LogP contribution in [-0.2, 0) is 14.3 Å². The van der Waals surface area contributed by atoms with Gasteiger partial charge in [0.25, 0.3) is 0 Å². The Bertz CT molecular complexity index is 608. The minimum atomic E-state index is -0.532. The highest BCUT2D eigenvalue weighted by Crippen LogP contribution is 2.36. The van der Waals surface area contributed by atoms with Gasteiger partial charge in [0.1, 0.15) is 6.04 Å². The molecule has 0 saturated carbocycles. The van der Waals surface area contributed by atoms with E-state index in [0.29, 0.717) is 16.4 Å². The van der Waals surface area contributed by atoms with E-state index in [4.69, 9.17) is 17.0 Å². The van der Waals surface area contributed by atoms with Crippen molar-refractivity contribution in [2.45, 2.75) is 26.8 Å². The van der Waals surface area contributed by atoms with Gasteiger partial charge in [-0.2, -0.15) is 0 Å². The third kappa shape index (κ3) is 2.98. The maximum Gasteiger partial charge on any atom is 0.338 e. The summed E-state index contributed by atoms with van der Waals surface area (Å²) in [6, 6.07) is 3.23. The summed E-state index contributed by atoms with van der Waals surface area (Å²) in [5.41, 5.74) is 1.04. The fraction of sp³-hybridized carbons (Fsp3) is 0.357. The van der Waals surface area contributed by atoms with Crippen molar-refractivity contribution in [3.8, 4) is 0 Å². The Morgan fingerprint density at radius 2 is 2.24 bits per heavy atom. The topological polar surface area (TPSA) is 58.6 Å². The van der Waals surface area contributed by atoms with Gasteiger partial charge in [-0.25, -0.2) is 4.79 Å². The third-order valence-electron chi connectivity index (χ3n) is 3.10. The monoisotopic (exact) mass is 324 g/mol. The molecule has 1 aliphatic rings. The van der Waals surface area contributed by atoms with Crippen molar-refractivity contribution in [3.05, 3.63) is 33.7 Å². The molecule has 1 N–H and O–H groups in total. The zero-order valence-electron chi connectivity index (χ0n) is 12.0. The summed E-state index contributed by atoms with van der Waals surface area (Å²) in [5, 5.41) is 5.11. The van der Waals surface area contributed by atoms with Gasteiger partial charge in [-0.1, -0.05) is 6.07 Å². The molecule has 2 rings (SSSR count). The molecule has 0 spiro atoms. The third-order valence-corrected chi connectivity index (χ3v) is 4.32. The number of allylic oxidation sites excluding steroid dienone is 1. The highest BCUT2D eigenvalue weighted by Gasteiger charge is 2.39. The maximum atomic E-state index is 12.3. The van der Waals surface area contributed by atoms with Gasteiger partial charge >= 0.3 is 5.97 Å². The van der Waals surface area contributed by atoms with Crippen molar-refractivity contribution < 1.29 is 14.3 Å². The van der Waals surface area contributed by atoms with Crippen LogP contribution in [0.3, 0.4) is 0 Å². The molecule has 2 heterocycles. The molecule has 0 unspecified atom stereocenters. The van der Waals surface area contributed by atoms with Crippen LogP contribution < -0.4 is 5.32 Å². The summed E-state index contributed by atoms with van der Waals surface area (Å²) in [6.45, 7) is 5.21.